The molecule has 0 aliphatic carbocycles. The topological polar surface area (TPSA) is 250 Å². The Bertz CT molecular complexity index is 1710. The summed E-state index contributed by atoms with van der Waals surface area (Å²) in [6, 6.07) is 9.68. The van der Waals surface area contributed by atoms with E-state index in [1.54, 1.807) is 0 Å². The number of rotatable bonds is 10. The molecule has 15 nitrogen and oxygen atoms in total. The van der Waals surface area contributed by atoms with Crippen LogP contribution >= 0.6 is 0 Å². The summed E-state index contributed by atoms with van der Waals surface area (Å²) in [7, 11) is 0. The first-order valence-corrected chi connectivity index (χ1v) is 13.8. The smallest absolute Gasteiger partial charge is 0.331 e. The molecule has 0 saturated carbocycles. The van der Waals surface area contributed by atoms with Gasteiger partial charge in [-0.1, -0.05) is 18.2 Å². The van der Waals surface area contributed by atoms with E-state index in [-0.39, 0.29) is 22.6 Å². The standard InChI is InChI=1S/C32H30O15/c1-15(33)44-14-25-29(42)30(43)31(47-26(39)11-5-17-4-9-21(36)23(38)13-17)32(46-25)45-24-10-6-18(27(40)28(24)41)19(34)7-2-16-3-8-20(35)22(37)12-16/h2-13,25,29-32,35-38,40-43H,14H2,1H3/t25-,29-,30+,31-,32-/m1/s1. The molecule has 0 radical (unpaired) electrons. The number of esters is 2. The Morgan fingerprint density at radius 1 is 0.766 bits per heavy atom. The van der Waals surface area contributed by atoms with E-state index in [1.807, 2.05) is 0 Å². The molecule has 1 heterocycles. The molecule has 0 unspecified atom stereocenters. The minimum absolute atomic E-state index is 0.290. The van der Waals surface area contributed by atoms with Crippen molar-refractivity contribution in [3.05, 3.63) is 77.4 Å². The van der Waals surface area contributed by atoms with Crippen LogP contribution in [0.3, 0.4) is 0 Å². The number of carbonyl (C=O) groups excluding carboxylic acids is 3. The molecule has 0 spiro atoms. The van der Waals surface area contributed by atoms with Gasteiger partial charge in [-0.2, -0.15) is 0 Å². The second-order valence-corrected chi connectivity index (χ2v) is 10.2. The van der Waals surface area contributed by atoms with Gasteiger partial charge in [0.05, 0.1) is 5.56 Å². The van der Waals surface area contributed by atoms with Gasteiger partial charge in [0.25, 0.3) is 0 Å². The van der Waals surface area contributed by atoms with Gasteiger partial charge < -0.3 is 59.8 Å². The lowest BCUT2D eigenvalue weighted by Gasteiger charge is -2.41. The van der Waals surface area contributed by atoms with Crippen LogP contribution in [0.2, 0.25) is 0 Å². The van der Waals surface area contributed by atoms with Crippen LogP contribution < -0.4 is 4.74 Å². The van der Waals surface area contributed by atoms with Crippen molar-refractivity contribution in [1.82, 2.24) is 0 Å². The summed E-state index contributed by atoms with van der Waals surface area (Å²) in [5.41, 5.74) is 0.265. The molecule has 1 aliphatic heterocycles. The van der Waals surface area contributed by atoms with Crippen LogP contribution in [0.15, 0.2) is 60.7 Å². The highest BCUT2D eigenvalue weighted by atomic mass is 16.7. The first-order valence-electron chi connectivity index (χ1n) is 13.8. The Labute approximate surface area is 266 Å². The summed E-state index contributed by atoms with van der Waals surface area (Å²) in [4.78, 5) is 36.7. The fraction of sp³-hybridized carbons (Fsp3) is 0.219. The van der Waals surface area contributed by atoms with E-state index in [0.717, 1.165) is 37.3 Å². The summed E-state index contributed by atoms with van der Waals surface area (Å²) < 4.78 is 21.4. The molecule has 1 fully saturated rings. The number of allylic oxidation sites excluding steroid dienone is 1. The van der Waals surface area contributed by atoms with Crippen LogP contribution in [0.1, 0.15) is 28.4 Å². The SMILES string of the molecule is CC(=O)OC[C@H]1O[C@@H](Oc2ccc(C(=O)C=Cc3ccc(O)c(O)c3)c(O)c2O)[C@H](OC(=O)C=Cc2ccc(O)c(O)c2)[C@@H](O)[C@@H]1O. The molecule has 47 heavy (non-hydrogen) atoms. The van der Waals surface area contributed by atoms with Crippen LogP contribution in [0.25, 0.3) is 12.2 Å². The summed E-state index contributed by atoms with van der Waals surface area (Å²) in [6.07, 6.45) is -4.15. The van der Waals surface area contributed by atoms with Gasteiger partial charge in [0.1, 0.15) is 24.9 Å². The monoisotopic (exact) mass is 654 g/mol. The predicted octanol–water partition coefficient (Wildman–Crippen LogP) is 1.83. The zero-order valence-corrected chi connectivity index (χ0v) is 24.5. The van der Waals surface area contributed by atoms with Gasteiger partial charge in [-0.25, -0.2) is 4.79 Å². The van der Waals surface area contributed by atoms with Crippen molar-refractivity contribution < 1.29 is 74.2 Å². The maximum absolute atomic E-state index is 12.7. The predicted molar refractivity (Wildman–Crippen MR) is 160 cm³/mol. The average Bonchev–Trinajstić information content (AvgIpc) is 3.03. The third-order valence-corrected chi connectivity index (χ3v) is 6.81. The minimum Gasteiger partial charge on any atom is -0.504 e. The van der Waals surface area contributed by atoms with E-state index in [1.165, 1.54) is 42.5 Å². The van der Waals surface area contributed by atoms with Gasteiger partial charge >= 0.3 is 11.9 Å². The number of carbonyl (C=O) groups is 3. The number of phenols is 6. The van der Waals surface area contributed by atoms with Gasteiger partial charge in [-0.05, 0) is 59.7 Å². The van der Waals surface area contributed by atoms with Crippen LogP contribution in [0.5, 0.6) is 40.2 Å². The molecule has 3 aromatic rings. The Morgan fingerprint density at radius 3 is 1.94 bits per heavy atom. The van der Waals surface area contributed by atoms with E-state index in [4.69, 9.17) is 18.9 Å². The third-order valence-electron chi connectivity index (χ3n) is 6.81. The second kappa shape index (κ2) is 14.6. The molecule has 4 rings (SSSR count). The largest absolute Gasteiger partial charge is 0.504 e. The number of benzene rings is 3. The van der Waals surface area contributed by atoms with Gasteiger partial charge in [0.2, 0.25) is 12.0 Å². The van der Waals surface area contributed by atoms with Crippen molar-refractivity contribution in [2.75, 3.05) is 6.61 Å². The highest BCUT2D eigenvalue weighted by Crippen LogP contribution is 2.40. The van der Waals surface area contributed by atoms with E-state index in [2.05, 4.69) is 0 Å². The fourth-order valence-electron chi connectivity index (χ4n) is 4.33. The molecule has 8 N–H and O–H groups in total. The number of aromatic hydroxyl groups is 6. The maximum atomic E-state index is 12.7. The average molecular weight is 655 g/mol. The first-order chi connectivity index (χ1) is 22.2. The van der Waals surface area contributed by atoms with Gasteiger partial charge in [-0.15, -0.1) is 0 Å². The van der Waals surface area contributed by atoms with E-state index >= 15 is 0 Å². The quantitative estimate of drug-likeness (QED) is 0.0672. The number of ether oxygens (including phenoxy) is 4. The number of hydrogen-bond acceptors (Lipinski definition) is 15. The van der Waals surface area contributed by atoms with Gasteiger partial charge in [-0.3, -0.25) is 9.59 Å². The first kappa shape index (κ1) is 34.1. The van der Waals surface area contributed by atoms with Gasteiger partial charge in [0, 0.05) is 13.0 Å². The van der Waals surface area contributed by atoms with E-state index in [9.17, 15) is 55.2 Å². The van der Waals surface area contributed by atoms with Crippen LogP contribution in [-0.2, 0) is 23.8 Å². The minimum atomic E-state index is -1.88. The van der Waals surface area contributed by atoms with Crippen LogP contribution in [-0.4, -0.2) is 95.9 Å². The van der Waals surface area contributed by atoms with Crippen LogP contribution in [0.4, 0.5) is 0 Å². The number of aliphatic hydroxyl groups is 2. The molecule has 1 saturated heterocycles. The zero-order chi connectivity index (χ0) is 34.4. The van der Waals surface area contributed by atoms with Crippen molar-refractivity contribution in [3.8, 4) is 40.2 Å². The molecular formula is C32H30O15. The molecule has 0 amide bonds. The number of aliphatic hydroxyl groups excluding tert-OH is 2. The van der Waals surface area contributed by atoms with Gasteiger partial charge in [0.15, 0.2) is 46.4 Å². The maximum Gasteiger partial charge on any atom is 0.331 e. The molecule has 248 valence electrons. The Morgan fingerprint density at radius 2 is 1.36 bits per heavy atom. The number of hydrogen-bond donors (Lipinski definition) is 8. The van der Waals surface area contributed by atoms with Crippen LogP contribution in [0, 0.1) is 0 Å². The molecule has 5 atom stereocenters. The summed E-state index contributed by atoms with van der Waals surface area (Å²) >= 11 is 0. The summed E-state index contributed by atoms with van der Waals surface area (Å²) in [5, 5.41) is 80.9. The van der Waals surface area contributed by atoms with E-state index < -0.39 is 83.8 Å². The number of phenolic OH excluding ortho intramolecular Hbond substituents is 6. The Balaban J connectivity index is 1.56. The molecule has 3 aromatic carbocycles. The van der Waals surface area contributed by atoms with Crippen molar-refractivity contribution in [2.45, 2.75) is 37.6 Å². The fourth-order valence-corrected chi connectivity index (χ4v) is 4.33. The summed E-state index contributed by atoms with van der Waals surface area (Å²) in [6.45, 7) is 0.548. The van der Waals surface area contributed by atoms with Crippen molar-refractivity contribution >= 4 is 29.9 Å². The van der Waals surface area contributed by atoms with Crippen molar-refractivity contribution in [2.24, 2.45) is 0 Å². The third kappa shape index (κ3) is 8.29. The normalized spacial score (nSPS) is 21.0. The van der Waals surface area contributed by atoms with Crippen molar-refractivity contribution in [3.63, 3.8) is 0 Å². The molecule has 1 aliphatic rings. The van der Waals surface area contributed by atoms with Crippen molar-refractivity contribution in [1.29, 1.82) is 0 Å². The lowest BCUT2D eigenvalue weighted by atomic mass is 9.99. The Hall–Kier alpha value is -5.77. The Kier molecular flexibility index (Phi) is 10.6. The molecule has 0 aromatic heterocycles. The second-order valence-electron chi connectivity index (χ2n) is 10.2. The highest BCUT2D eigenvalue weighted by molar-refractivity contribution is 6.09. The lowest BCUT2D eigenvalue weighted by molar-refractivity contribution is -0.282. The van der Waals surface area contributed by atoms with E-state index in [0.29, 0.717) is 5.56 Å². The summed E-state index contributed by atoms with van der Waals surface area (Å²) in [5.74, 6) is -6.55. The number of ketones is 1. The molecule has 0 bridgehead atoms. The zero-order valence-electron chi connectivity index (χ0n) is 24.5. The molecule has 15 heteroatoms. The highest BCUT2D eigenvalue weighted by Gasteiger charge is 2.48. The molecular weight excluding hydrogens is 624 g/mol. The lowest BCUT2D eigenvalue weighted by Crippen LogP contribution is -2.61.